The van der Waals surface area contributed by atoms with Crippen molar-refractivity contribution in [3.8, 4) is 0 Å². The predicted octanol–water partition coefficient (Wildman–Crippen LogP) is 4.47. The van der Waals surface area contributed by atoms with E-state index in [1.807, 2.05) is 38.3 Å². The van der Waals surface area contributed by atoms with Crippen LogP contribution in [0.25, 0.3) is 0 Å². The maximum absolute atomic E-state index is 12.5. The second-order valence-corrected chi connectivity index (χ2v) is 6.32. The molecule has 4 nitrogen and oxygen atoms in total. The number of carbonyl (C=O) groups excluding carboxylic acids is 1. The first kappa shape index (κ1) is 17.6. The van der Waals surface area contributed by atoms with Gasteiger partial charge >= 0.3 is 0 Å². The molecular weight excluding hydrogens is 310 g/mol. The second-order valence-electron chi connectivity index (χ2n) is 5.44. The number of carbonyl (C=O) groups is 1. The number of oxime groups is 1. The van der Waals surface area contributed by atoms with Gasteiger partial charge in [0.25, 0.3) is 0 Å². The highest BCUT2D eigenvalue weighted by Gasteiger charge is 2.31. The van der Waals surface area contributed by atoms with Crippen LogP contribution in [0.5, 0.6) is 0 Å². The third-order valence-electron chi connectivity index (χ3n) is 3.93. The van der Waals surface area contributed by atoms with Gasteiger partial charge in [0.2, 0.25) is 0 Å². The van der Waals surface area contributed by atoms with Crippen LogP contribution in [0.1, 0.15) is 44.6 Å². The number of benzene rings is 1. The Morgan fingerprint density at radius 1 is 1.39 bits per heavy atom. The fourth-order valence-corrected chi connectivity index (χ4v) is 3.25. The first-order chi connectivity index (χ1) is 11.1. The molecule has 0 heterocycles. The summed E-state index contributed by atoms with van der Waals surface area (Å²) in [6.45, 7) is 4.18. The molecule has 0 radical (unpaired) electrons. The van der Waals surface area contributed by atoms with Crippen molar-refractivity contribution >= 4 is 23.3 Å². The van der Waals surface area contributed by atoms with Crippen molar-refractivity contribution in [2.24, 2.45) is 5.16 Å². The van der Waals surface area contributed by atoms with E-state index in [2.05, 4.69) is 11.2 Å². The summed E-state index contributed by atoms with van der Waals surface area (Å²) in [5.41, 5.74) is 1.97. The van der Waals surface area contributed by atoms with Crippen LogP contribution in [0.15, 0.2) is 45.6 Å². The molecule has 2 rings (SSSR count). The highest BCUT2D eigenvalue weighted by Crippen LogP contribution is 2.35. The lowest BCUT2D eigenvalue weighted by Gasteiger charge is -2.24. The summed E-state index contributed by atoms with van der Waals surface area (Å²) in [5.74, 6) is 0.0817. The normalized spacial score (nSPS) is 19.2. The van der Waals surface area contributed by atoms with Crippen molar-refractivity contribution in [2.45, 2.75) is 43.9 Å². The summed E-state index contributed by atoms with van der Waals surface area (Å²) in [6.07, 6.45) is 3.43. The van der Waals surface area contributed by atoms with Crippen LogP contribution in [-0.2, 0) is 9.63 Å². The van der Waals surface area contributed by atoms with E-state index < -0.39 is 0 Å². The zero-order chi connectivity index (χ0) is 16.8. The maximum Gasteiger partial charge on any atom is 0.168 e. The largest absolute Gasteiger partial charge is 0.511 e. The Morgan fingerprint density at radius 2 is 2.17 bits per heavy atom. The van der Waals surface area contributed by atoms with Crippen LogP contribution in [0.4, 0.5) is 0 Å². The van der Waals surface area contributed by atoms with E-state index in [-0.39, 0.29) is 17.5 Å². The maximum atomic E-state index is 12.5. The molecule has 0 amide bonds. The van der Waals surface area contributed by atoms with Crippen LogP contribution >= 0.6 is 11.8 Å². The Balaban J connectivity index is 2.28. The standard InChI is InChI=1S/C18H23NO3S/c1-4-15(19-22-5-2)18-16(20)10-13(11-17(18)21)12-7-6-8-14(9-12)23-3/h6-9,13,20H,4-5,10-11H2,1-3H3/b19-15-. The minimum absolute atomic E-state index is 0.0172. The topological polar surface area (TPSA) is 58.9 Å². The van der Waals surface area contributed by atoms with Crippen molar-refractivity contribution < 1.29 is 14.7 Å². The van der Waals surface area contributed by atoms with E-state index in [1.54, 1.807) is 11.8 Å². The van der Waals surface area contributed by atoms with E-state index in [0.717, 1.165) is 10.5 Å². The fraction of sp³-hybridized carbons (Fsp3) is 0.444. The molecule has 0 aliphatic heterocycles. The molecule has 0 saturated carbocycles. The Bertz CT molecular complexity index is 637. The Kier molecular flexibility index (Phi) is 6.28. The second kappa shape index (κ2) is 8.20. The van der Waals surface area contributed by atoms with E-state index >= 15 is 0 Å². The molecule has 1 aliphatic carbocycles. The average Bonchev–Trinajstić information content (AvgIpc) is 2.57. The van der Waals surface area contributed by atoms with Crippen molar-refractivity contribution in [1.82, 2.24) is 0 Å². The van der Waals surface area contributed by atoms with E-state index in [1.165, 1.54) is 0 Å². The van der Waals surface area contributed by atoms with E-state index in [4.69, 9.17) is 4.84 Å². The number of Topliss-reactive ketones (excluding diaryl/α,β-unsaturated/α-hetero) is 1. The van der Waals surface area contributed by atoms with E-state index in [0.29, 0.717) is 37.2 Å². The number of aliphatic hydroxyl groups is 1. The van der Waals surface area contributed by atoms with Gasteiger partial charge in [0, 0.05) is 17.7 Å². The van der Waals surface area contributed by atoms with Gasteiger partial charge in [0.15, 0.2) is 5.78 Å². The number of hydrogen-bond acceptors (Lipinski definition) is 5. The number of rotatable bonds is 6. The number of nitrogens with zero attached hydrogens (tertiary/aromatic N) is 1. The van der Waals surface area contributed by atoms with Crippen LogP contribution in [0, 0.1) is 0 Å². The molecule has 23 heavy (non-hydrogen) atoms. The molecule has 1 N–H and O–H groups in total. The van der Waals surface area contributed by atoms with Crippen LogP contribution in [-0.4, -0.2) is 29.5 Å². The molecule has 0 fully saturated rings. The lowest BCUT2D eigenvalue weighted by atomic mass is 9.81. The van der Waals surface area contributed by atoms with Crippen LogP contribution < -0.4 is 0 Å². The summed E-state index contributed by atoms with van der Waals surface area (Å²) >= 11 is 1.67. The SMILES string of the molecule is CCO/N=C(/CC)C1=C(O)CC(c2cccc(SC)c2)CC1=O. The van der Waals surface area contributed by atoms with Crippen molar-refractivity contribution in [3.63, 3.8) is 0 Å². The molecule has 0 spiro atoms. The summed E-state index contributed by atoms with van der Waals surface area (Å²) in [6, 6.07) is 8.15. The number of thioether (sulfide) groups is 1. The molecule has 5 heteroatoms. The van der Waals surface area contributed by atoms with E-state index in [9.17, 15) is 9.90 Å². The molecule has 124 valence electrons. The average molecular weight is 333 g/mol. The molecule has 1 unspecified atom stereocenters. The molecule has 1 atom stereocenters. The summed E-state index contributed by atoms with van der Waals surface area (Å²) in [4.78, 5) is 18.8. The first-order valence-corrected chi connectivity index (χ1v) is 9.11. The molecule has 0 aromatic heterocycles. The highest BCUT2D eigenvalue weighted by molar-refractivity contribution is 7.98. The van der Waals surface area contributed by atoms with Gasteiger partial charge in [-0.1, -0.05) is 24.2 Å². The lowest BCUT2D eigenvalue weighted by molar-refractivity contribution is -0.116. The Labute approximate surface area is 141 Å². The zero-order valence-electron chi connectivity index (χ0n) is 13.8. The van der Waals surface area contributed by atoms with Gasteiger partial charge in [0.05, 0.1) is 11.3 Å². The Hall–Kier alpha value is -1.75. The first-order valence-electron chi connectivity index (χ1n) is 7.89. The minimum atomic E-state index is -0.0615. The molecule has 0 saturated heterocycles. The number of ketones is 1. The summed E-state index contributed by atoms with van der Waals surface area (Å²) < 4.78 is 0. The highest BCUT2D eigenvalue weighted by atomic mass is 32.2. The number of hydrogen-bond donors (Lipinski definition) is 1. The van der Waals surface area contributed by atoms with Gasteiger partial charge in [0.1, 0.15) is 12.4 Å². The van der Waals surface area contributed by atoms with Crippen LogP contribution in [0.3, 0.4) is 0 Å². The smallest absolute Gasteiger partial charge is 0.168 e. The van der Waals surface area contributed by atoms with Gasteiger partial charge in [-0.15, -0.1) is 11.8 Å². The predicted molar refractivity (Wildman–Crippen MR) is 94.2 cm³/mol. The number of aliphatic hydroxyl groups excluding tert-OH is 1. The van der Waals surface area contributed by atoms with Gasteiger partial charge in [-0.2, -0.15) is 0 Å². The number of allylic oxidation sites excluding steroid dienone is 2. The van der Waals surface area contributed by atoms with Crippen molar-refractivity contribution in [1.29, 1.82) is 0 Å². The van der Waals surface area contributed by atoms with Gasteiger partial charge < -0.3 is 9.94 Å². The lowest BCUT2D eigenvalue weighted by Crippen LogP contribution is -2.23. The third-order valence-corrected chi connectivity index (χ3v) is 4.66. The quantitative estimate of drug-likeness (QED) is 0.474. The monoisotopic (exact) mass is 333 g/mol. The molecule has 1 aromatic carbocycles. The molecule has 0 bridgehead atoms. The molecule has 1 aromatic rings. The molecule has 1 aliphatic rings. The zero-order valence-corrected chi connectivity index (χ0v) is 14.7. The fourth-order valence-electron chi connectivity index (χ4n) is 2.78. The van der Waals surface area contributed by atoms with Gasteiger partial charge in [-0.05, 0) is 43.2 Å². The van der Waals surface area contributed by atoms with Gasteiger partial charge in [-0.3, -0.25) is 4.79 Å². The van der Waals surface area contributed by atoms with Crippen molar-refractivity contribution in [2.75, 3.05) is 12.9 Å². The van der Waals surface area contributed by atoms with Crippen molar-refractivity contribution in [3.05, 3.63) is 41.2 Å². The Morgan fingerprint density at radius 3 is 2.78 bits per heavy atom. The molecular formula is C18H23NO3S. The minimum Gasteiger partial charge on any atom is -0.511 e. The summed E-state index contributed by atoms with van der Waals surface area (Å²) in [7, 11) is 0. The summed E-state index contributed by atoms with van der Waals surface area (Å²) in [5, 5.41) is 14.4. The van der Waals surface area contributed by atoms with Crippen LogP contribution in [0.2, 0.25) is 0 Å². The third kappa shape index (κ3) is 4.16. The van der Waals surface area contributed by atoms with Gasteiger partial charge in [-0.25, -0.2) is 0 Å².